The summed E-state index contributed by atoms with van der Waals surface area (Å²) in [6.07, 6.45) is 1.25. The van der Waals surface area contributed by atoms with E-state index in [1.807, 2.05) is 0 Å². The molecule has 0 aliphatic carbocycles. The van der Waals surface area contributed by atoms with Crippen molar-refractivity contribution in [3.63, 3.8) is 0 Å². The minimum atomic E-state index is -0.531. The number of hydrogen-bond acceptors (Lipinski definition) is 2. The Hall–Kier alpha value is -0.430. The van der Waals surface area contributed by atoms with E-state index in [1.165, 1.54) is 18.5 Å². The Morgan fingerprint density at radius 2 is 1.90 bits per heavy atom. The molecule has 2 nitrogen and oxygen atoms in total. The molecule has 2 heterocycles. The van der Waals surface area contributed by atoms with Crippen LogP contribution in [0.2, 0.25) is 0 Å². The van der Waals surface area contributed by atoms with Crippen molar-refractivity contribution in [2.75, 3.05) is 6.54 Å². The highest BCUT2D eigenvalue weighted by molar-refractivity contribution is 7.52. The smallest absolute Gasteiger partial charge is 0.112 e. The highest BCUT2D eigenvalue weighted by Gasteiger charge is 2.57. The predicted octanol–water partition coefficient (Wildman–Crippen LogP) is 4.75. The molecular weight excluding hydrogens is 265 g/mol. The molecule has 3 rings (SSSR count). The molecule has 2 unspecified atom stereocenters. The van der Waals surface area contributed by atoms with Gasteiger partial charge in [-0.05, 0) is 24.8 Å². The van der Waals surface area contributed by atoms with Crippen LogP contribution in [0.5, 0.6) is 0 Å². The first-order valence-electron chi connectivity index (χ1n) is 7.64. The third-order valence-electron chi connectivity index (χ3n) is 4.55. The minimum absolute atomic E-state index is 0.148. The second kappa shape index (κ2) is 4.80. The van der Waals surface area contributed by atoms with E-state index in [9.17, 15) is 0 Å². The van der Waals surface area contributed by atoms with Crippen LogP contribution in [0.15, 0.2) is 30.3 Å². The van der Waals surface area contributed by atoms with Gasteiger partial charge in [0, 0.05) is 17.7 Å². The average molecular weight is 291 g/mol. The lowest BCUT2D eigenvalue weighted by Gasteiger charge is -2.33. The molecular formula is C17H26NOP. The number of hydrogen-bond donors (Lipinski definition) is 0. The molecule has 20 heavy (non-hydrogen) atoms. The molecule has 0 saturated carbocycles. The van der Waals surface area contributed by atoms with Crippen LogP contribution in [0.1, 0.15) is 46.6 Å². The Morgan fingerprint density at radius 1 is 1.25 bits per heavy atom. The summed E-state index contributed by atoms with van der Waals surface area (Å²) in [5, 5.41) is 0.212. The van der Waals surface area contributed by atoms with Gasteiger partial charge >= 0.3 is 0 Å². The quantitative estimate of drug-likeness (QED) is 0.692. The highest BCUT2D eigenvalue weighted by Crippen LogP contribution is 2.68. The highest BCUT2D eigenvalue weighted by atomic mass is 31.2. The number of rotatable bonds is 1. The molecule has 4 atom stereocenters. The van der Waals surface area contributed by atoms with Gasteiger partial charge in [0.1, 0.15) is 13.9 Å². The first-order chi connectivity index (χ1) is 9.32. The molecule has 0 bridgehead atoms. The Bertz CT molecular complexity index is 484. The van der Waals surface area contributed by atoms with E-state index in [0.717, 1.165) is 5.92 Å². The predicted molar refractivity (Wildman–Crippen MR) is 85.8 cm³/mol. The molecule has 1 aromatic rings. The maximum Gasteiger partial charge on any atom is 0.112 e. The summed E-state index contributed by atoms with van der Waals surface area (Å²) < 4.78 is 9.38. The van der Waals surface area contributed by atoms with Gasteiger partial charge in [-0.1, -0.05) is 58.0 Å². The third-order valence-corrected chi connectivity index (χ3v) is 7.16. The van der Waals surface area contributed by atoms with Gasteiger partial charge in [-0.2, -0.15) is 0 Å². The summed E-state index contributed by atoms with van der Waals surface area (Å²) >= 11 is 0. The Kier molecular flexibility index (Phi) is 3.48. The summed E-state index contributed by atoms with van der Waals surface area (Å²) in [5.41, 5.74) is 1.18. The normalized spacial score (nSPS) is 38.1. The maximum atomic E-state index is 6.71. The van der Waals surface area contributed by atoms with Gasteiger partial charge in [-0.25, -0.2) is 0 Å². The van der Waals surface area contributed by atoms with Gasteiger partial charge in [0.2, 0.25) is 0 Å². The Morgan fingerprint density at radius 3 is 2.50 bits per heavy atom. The van der Waals surface area contributed by atoms with E-state index < -0.39 is 8.30 Å². The van der Waals surface area contributed by atoms with E-state index in [4.69, 9.17) is 4.52 Å². The van der Waals surface area contributed by atoms with Gasteiger partial charge < -0.3 is 4.52 Å². The molecule has 2 aliphatic rings. The Balaban J connectivity index is 2.01. The molecule has 0 amide bonds. The summed E-state index contributed by atoms with van der Waals surface area (Å²) in [4.78, 5) is 0. The van der Waals surface area contributed by atoms with Crippen molar-refractivity contribution < 1.29 is 4.52 Å². The van der Waals surface area contributed by atoms with Crippen LogP contribution in [0.25, 0.3) is 0 Å². The third kappa shape index (κ3) is 2.22. The summed E-state index contributed by atoms with van der Waals surface area (Å²) in [6, 6.07) is 11.3. The van der Waals surface area contributed by atoms with Gasteiger partial charge in [0.05, 0.1) is 0 Å². The van der Waals surface area contributed by atoms with E-state index in [1.54, 1.807) is 0 Å². The van der Waals surface area contributed by atoms with Crippen molar-refractivity contribution in [1.29, 1.82) is 0 Å². The molecule has 0 spiro atoms. The number of benzene rings is 1. The fourth-order valence-corrected chi connectivity index (χ4v) is 6.29. The first-order valence-corrected chi connectivity index (χ1v) is 8.85. The van der Waals surface area contributed by atoms with Crippen LogP contribution in [0.3, 0.4) is 0 Å². The van der Waals surface area contributed by atoms with E-state index >= 15 is 0 Å². The number of fused-ring (bicyclic) bond motifs is 1. The monoisotopic (exact) mass is 291 g/mol. The summed E-state index contributed by atoms with van der Waals surface area (Å²) in [6.45, 7) is 12.8. The van der Waals surface area contributed by atoms with Crippen molar-refractivity contribution in [3.8, 4) is 0 Å². The number of nitrogens with zero attached hydrogens (tertiary/aromatic N) is 1. The topological polar surface area (TPSA) is 12.5 Å². The second-order valence-corrected chi connectivity index (χ2v) is 10.1. The van der Waals surface area contributed by atoms with Crippen LogP contribution in [-0.4, -0.2) is 22.4 Å². The molecule has 0 aromatic heterocycles. The zero-order valence-electron chi connectivity index (χ0n) is 13.3. The van der Waals surface area contributed by atoms with Crippen molar-refractivity contribution in [1.82, 2.24) is 4.67 Å². The van der Waals surface area contributed by atoms with Crippen LogP contribution in [-0.2, 0) is 10.1 Å². The van der Waals surface area contributed by atoms with E-state index in [-0.39, 0.29) is 10.8 Å². The average Bonchev–Trinajstić information content (AvgIpc) is 2.88. The largest absolute Gasteiger partial charge is 0.331 e. The van der Waals surface area contributed by atoms with Crippen molar-refractivity contribution in [3.05, 3.63) is 35.9 Å². The maximum absolute atomic E-state index is 6.71. The Labute approximate surface area is 124 Å². The van der Waals surface area contributed by atoms with Gasteiger partial charge in [0.15, 0.2) is 0 Å². The molecule has 0 N–H and O–H groups in total. The van der Waals surface area contributed by atoms with Crippen molar-refractivity contribution in [2.45, 2.75) is 57.8 Å². The van der Waals surface area contributed by atoms with Crippen LogP contribution in [0.4, 0.5) is 0 Å². The fraction of sp³-hybridized carbons (Fsp3) is 0.647. The molecule has 2 fully saturated rings. The van der Waals surface area contributed by atoms with Crippen LogP contribution in [0, 0.1) is 5.92 Å². The molecule has 2 aliphatic heterocycles. The standard InChI is InChI=1S/C17H26NOP/c1-13-11-15-17(5,14-9-7-6-8-10-14)19-20(16(2,3)4)18(15)12-13/h6-10,13,15H,11-12H2,1-5H3/t13?,15-,17+,20?/m0/s1. The molecule has 110 valence electrons. The zero-order valence-corrected chi connectivity index (χ0v) is 14.2. The van der Waals surface area contributed by atoms with Crippen LogP contribution < -0.4 is 0 Å². The fourth-order valence-electron chi connectivity index (χ4n) is 3.56. The first kappa shape index (κ1) is 14.5. The lowest BCUT2D eigenvalue weighted by molar-refractivity contribution is 0.0856. The van der Waals surface area contributed by atoms with E-state index in [0.29, 0.717) is 6.04 Å². The zero-order chi connectivity index (χ0) is 14.5. The molecule has 2 saturated heterocycles. The lowest BCUT2D eigenvalue weighted by atomic mass is 9.86. The molecule has 1 aromatic carbocycles. The van der Waals surface area contributed by atoms with Gasteiger partial charge in [0.25, 0.3) is 0 Å². The lowest BCUT2D eigenvalue weighted by Crippen LogP contribution is -2.36. The van der Waals surface area contributed by atoms with Gasteiger partial charge in [-0.15, -0.1) is 0 Å². The van der Waals surface area contributed by atoms with E-state index in [2.05, 4.69) is 69.6 Å². The minimum Gasteiger partial charge on any atom is -0.331 e. The SMILES string of the molecule is CC1C[C@@H]2N(C1)P(C(C)(C)C)O[C@]2(C)c1ccccc1. The molecule has 3 heteroatoms. The van der Waals surface area contributed by atoms with Gasteiger partial charge in [-0.3, -0.25) is 4.67 Å². The van der Waals surface area contributed by atoms with Crippen molar-refractivity contribution in [2.24, 2.45) is 5.92 Å². The summed E-state index contributed by atoms with van der Waals surface area (Å²) in [7, 11) is -0.531. The second-order valence-electron chi connectivity index (χ2n) is 7.49. The van der Waals surface area contributed by atoms with Crippen LogP contribution >= 0.6 is 8.30 Å². The molecule has 0 radical (unpaired) electrons. The van der Waals surface area contributed by atoms with Crippen molar-refractivity contribution >= 4 is 8.30 Å². The summed E-state index contributed by atoms with van der Waals surface area (Å²) in [5.74, 6) is 0.777.